The molecule has 2 aromatic heterocycles. The molecule has 0 aliphatic heterocycles. The van der Waals surface area contributed by atoms with Crippen molar-refractivity contribution in [3.8, 4) is 11.3 Å². The average Bonchev–Trinajstić information content (AvgIpc) is 3.02. The Balaban J connectivity index is 1.59. The highest BCUT2D eigenvalue weighted by molar-refractivity contribution is 7.14. The molecule has 3 rings (SSSR count). The number of nitrogens with zero attached hydrogens (tertiary/aromatic N) is 2. The number of nitrogens with one attached hydrogen (secondary N) is 1. The lowest BCUT2D eigenvalue weighted by atomic mass is 10.1. The van der Waals surface area contributed by atoms with Crippen molar-refractivity contribution >= 4 is 22.4 Å². The van der Waals surface area contributed by atoms with Gasteiger partial charge in [0.1, 0.15) is 5.82 Å². The van der Waals surface area contributed by atoms with Gasteiger partial charge in [0, 0.05) is 29.8 Å². The lowest BCUT2D eigenvalue weighted by Crippen LogP contribution is -2.12. The van der Waals surface area contributed by atoms with E-state index in [0.29, 0.717) is 29.2 Å². The van der Waals surface area contributed by atoms with E-state index in [0.717, 1.165) is 5.56 Å². The molecule has 0 bridgehead atoms. The van der Waals surface area contributed by atoms with E-state index in [4.69, 9.17) is 0 Å². The van der Waals surface area contributed by atoms with Gasteiger partial charge < -0.3 is 5.32 Å². The number of hydrogen-bond acceptors (Lipinski definition) is 4. The van der Waals surface area contributed by atoms with E-state index < -0.39 is 0 Å². The van der Waals surface area contributed by atoms with Crippen LogP contribution in [0.4, 0.5) is 9.52 Å². The summed E-state index contributed by atoms with van der Waals surface area (Å²) in [5.41, 5.74) is 2.36. The highest BCUT2D eigenvalue weighted by Crippen LogP contribution is 2.25. The Bertz CT molecular complexity index is 804. The van der Waals surface area contributed by atoms with Gasteiger partial charge in [0.2, 0.25) is 5.91 Å². The smallest absolute Gasteiger partial charge is 0.226 e. The van der Waals surface area contributed by atoms with Gasteiger partial charge in [-0.15, -0.1) is 11.3 Å². The number of hydrogen-bond donors (Lipinski definition) is 1. The largest absolute Gasteiger partial charge is 0.302 e. The lowest BCUT2D eigenvalue weighted by molar-refractivity contribution is -0.116. The number of carbonyl (C=O) groups excluding carboxylic acids is 1. The SMILES string of the molecule is O=C(CCc1cccnc1)Nc1nc(-c2cccc(F)c2)cs1. The van der Waals surface area contributed by atoms with Crippen LogP contribution in [0.1, 0.15) is 12.0 Å². The van der Waals surface area contributed by atoms with Crippen LogP contribution in [0, 0.1) is 5.82 Å². The van der Waals surface area contributed by atoms with Crippen molar-refractivity contribution in [1.29, 1.82) is 0 Å². The summed E-state index contributed by atoms with van der Waals surface area (Å²) >= 11 is 1.32. The second-order valence-corrected chi connectivity index (χ2v) is 5.82. The van der Waals surface area contributed by atoms with Crippen LogP contribution < -0.4 is 5.32 Å². The number of rotatable bonds is 5. The molecule has 6 heteroatoms. The molecule has 0 aliphatic rings. The number of carbonyl (C=O) groups is 1. The summed E-state index contributed by atoms with van der Waals surface area (Å²) < 4.78 is 13.2. The maximum absolute atomic E-state index is 13.2. The van der Waals surface area contributed by atoms with Gasteiger partial charge in [-0.25, -0.2) is 9.37 Å². The average molecular weight is 327 g/mol. The predicted molar refractivity (Wildman–Crippen MR) is 88.7 cm³/mol. The van der Waals surface area contributed by atoms with Crippen molar-refractivity contribution in [1.82, 2.24) is 9.97 Å². The Morgan fingerprint density at radius 2 is 2.17 bits per heavy atom. The molecule has 0 saturated heterocycles. The normalized spacial score (nSPS) is 10.5. The summed E-state index contributed by atoms with van der Waals surface area (Å²) in [6.07, 6.45) is 4.44. The van der Waals surface area contributed by atoms with Gasteiger partial charge in [-0.3, -0.25) is 9.78 Å². The molecule has 1 aromatic carbocycles. The van der Waals surface area contributed by atoms with E-state index >= 15 is 0 Å². The lowest BCUT2D eigenvalue weighted by Gasteiger charge is -2.02. The third kappa shape index (κ3) is 4.20. The molecular formula is C17H14FN3OS. The number of aryl methyl sites for hydroxylation is 1. The molecule has 3 aromatic rings. The van der Waals surface area contributed by atoms with Gasteiger partial charge in [-0.2, -0.15) is 0 Å². The minimum absolute atomic E-state index is 0.103. The Labute approximate surface area is 137 Å². The third-order valence-corrected chi connectivity index (χ3v) is 3.99. The third-order valence-electron chi connectivity index (χ3n) is 3.23. The molecule has 1 amide bonds. The zero-order chi connectivity index (χ0) is 16.1. The summed E-state index contributed by atoms with van der Waals surface area (Å²) in [7, 11) is 0. The van der Waals surface area contributed by atoms with E-state index in [2.05, 4.69) is 15.3 Å². The number of thiazole rings is 1. The van der Waals surface area contributed by atoms with Crippen LogP contribution in [0.5, 0.6) is 0 Å². The molecule has 0 radical (unpaired) electrons. The monoisotopic (exact) mass is 327 g/mol. The fourth-order valence-electron chi connectivity index (χ4n) is 2.10. The first-order valence-corrected chi connectivity index (χ1v) is 7.99. The molecule has 23 heavy (non-hydrogen) atoms. The van der Waals surface area contributed by atoms with Gasteiger partial charge in [0.25, 0.3) is 0 Å². The molecule has 116 valence electrons. The quantitative estimate of drug-likeness (QED) is 0.773. The van der Waals surface area contributed by atoms with Crippen LogP contribution >= 0.6 is 11.3 Å². The number of anilines is 1. The minimum Gasteiger partial charge on any atom is -0.302 e. The van der Waals surface area contributed by atoms with E-state index in [9.17, 15) is 9.18 Å². The summed E-state index contributed by atoms with van der Waals surface area (Å²) in [6.45, 7) is 0. The Morgan fingerprint density at radius 3 is 2.96 bits per heavy atom. The maximum Gasteiger partial charge on any atom is 0.226 e. The van der Waals surface area contributed by atoms with Crippen LogP contribution in [-0.4, -0.2) is 15.9 Å². The minimum atomic E-state index is -0.308. The molecule has 0 unspecified atom stereocenters. The first-order chi connectivity index (χ1) is 11.2. The number of amides is 1. The van der Waals surface area contributed by atoms with Crippen molar-refractivity contribution in [3.05, 3.63) is 65.6 Å². The summed E-state index contributed by atoms with van der Waals surface area (Å²) in [6, 6.07) is 10.0. The van der Waals surface area contributed by atoms with Crippen LogP contribution in [0.2, 0.25) is 0 Å². The van der Waals surface area contributed by atoms with Gasteiger partial charge in [0.05, 0.1) is 5.69 Å². The number of aromatic nitrogens is 2. The topological polar surface area (TPSA) is 54.9 Å². The Kier molecular flexibility index (Phi) is 4.73. The highest BCUT2D eigenvalue weighted by atomic mass is 32.1. The molecular weight excluding hydrogens is 313 g/mol. The second-order valence-electron chi connectivity index (χ2n) is 4.96. The molecule has 0 saturated carbocycles. The van der Waals surface area contributed by atoms with Crippen molar-refractivity contribution in [2.75, 3.05) is 5.32 Å². The van der Waals surface area contributed by atoms with Gasteiger partial charge >= 0.3 is 0 Å². The van der Waals surface area contributed by atoms with E-state index in [1.54, 1.807) is 29.9 Å². The standard InChI is InChI=1S/C17H14FN3OS/c18-14-5-1-4-13(9-14)15-11-23-17(20-15)21-16(22)7-6-12-3-2-8-19-10-12/h1-5,8-11H,6-7H2,(H,20,21,22). The Hall–Kier alpha value is -2.60. The molecule has 4 nitrogen and oxygen atoms in total. The number of pyridine rings is 1. The molecule has 0 spiro atoms. The predicted octanol–water partition coefficient (Wildman–Crippen LogP) is 3.92. The highest BCUT2D eigenvalue weighted by Gasteiger charge is 2.09. The fraction of sp³-hybridized carbons (Fsp3) is 0.118. The van der Waals surface area contributed by atoms with Crippen molar-refractivity contribution < 1.29 is 9.18 Å². The molecule has 0 fully saturated rings. The van der Waals surface area contributed by atoms with Crippen LogP contribution in [0.3, 0.4) is 0 Å². The summed E-state index contributed by atoms with van der Waals surface area (Å²) in [5.74, 6) is -0.411. The second kappa shape index (κ2) is 7.11. The number of benzene rings is 1. The number of halogens is 1. The van der Waals surface area contributed by atoms with Crippen molar-refractivity contribution in [2.45, 2.75) is 12.8 Å². The Morgan fingerprint density at radius 1 is 1.26 bits per heavy atom. The summed E-state index contributed by atoms with van der Waals surface area (Å²) in [5, 5.41) is 5.08. The zero-order valence-electron chi connectivity index (χ0n) is 12.2. The van der Waals surface area contributed by atoms with Crippen LogP contribution in [0.25, 0.3) is 11.3 Å². The molecule has 2 heterocycles. The van der Waals surface area contributed by atoms with E-state index in [1.807, 2.05) is 12.1 Å². The molecule has 0 aliphatic carbocycles. The van der Waals surface area contributed by atoms with E-state index in [1.165, 1.54) is 23.5 Å². The van der Waals surface area contributed by atoms with Gasteiger partial charge in [-0.05, 0) is 30.2 Å². The first-order valence-electron chi connectivity index (χ1n) is 7.11. The molecule has 0 atom stereocenters. The van der Waals surface area contributed by atoms with E-state index in [-0.39, 0.29) is 11.7 Å². The van der Waals surface area contributed by atoms with Gasteiger partial charge in [0.15, 0.2) is 5.13 Å². The van der Waals surface area contributed by atoms with Crippen molar-refractivity contribution in [2.24, 2.45) is 0 Å². The van der Waals surface area contributed by atoms with Crippen LogP contribution in [0.15, 0.2) is 54.2 Å². The summed E-state index contributed by atoms with van der Waals surface area (Å²) in [4.78, 5) is 20.3. The van der Waals surface area contributed by atoms with Crippen molar-refractivity contribution in [3.63, 3.8) is 0 Å². The first kappa shape index (κ1) is 15.3. The molecule has 1 N–H and O–H groups in total. The van der Waals surface area contributed by atoms with Gasteiger partial charge in [-0.1, -0.05) is 18.2 Å². The fourth-order valence-corrected chi connectivity index (χ4v) is 2.83. The van der Waals surface area contributed by atoms with Crippen LogP contribution in [-0.2, 0) is 11.2 Å². The maximum atomic E-state index is 13.2. The zero-order valence-corrected chi connectivity index (χ0v) is 13.0.